The predicted molar refractivity (Wildman–Crippen MR) is 160 cm³/mol. The summed E-state index contributed by atoms with van der Waals surface area (Å²) in [6.45, 7) is 15.5. The minimum Gasteiger partial charge on any atom is -0.496 e. The first-order valence-electron chi connectivity index (χ1n) is 13.3. The van der Waals surface area contributed by atoms with Gasteiger partial charge < -0.3 is 20.5 Å². The van der Waals surface area contributed by atoms with Gasteiger partial charge in [-0.15, -0.1) is 11.3 Å². The second-order valence-corrected chi connectivity index (χ2v) is 10.5. The SMILES string of the molecule is CC.CCCC(C)CC(C)COC.COc1ccc2nc(C)sc2c1C(=O)Nc1ccc(C)cc1C(N)=O. The Morgan fingerprint density at radius 3 is 2.34 bits per heavy atom. The third kappa shape index (κ3) is 9.72. The number of thiazole rings is 1. The summed E-state index contributed by atoms with van der Waals surface area (Å²) in [6.07, 6.45) is 3.97. The Morgan fingerprint density at radius 1 is 1.08 bits per heavy atom. The predicted octanol–water partition coefficient (Wildman–Crippen LogP) is 7.39. The Bertz CT molecular complexity index is 1170. The number of hydrogen-bond donors (Lipinski definition) is 2. The minimum absolute atomic E-state index is 0.264. The van der Waals surface area contributed by atoms with Gasteiger partial charge in [-0.05, 0) is 56.4 Å². The van der Waals surface area contributed by atoms with E-state index in [2.05, 4.69) is 31.1 Å². The van der Waals surface area contributed by atoms with Gasteiger partial charge in [0.05, 0.1) is 33.6 Å². The fourth-order valence-corrected chi connectivity index (χ4v) is 5.23. The maximum atomic E-state index is 12.9. The van der Waals surface area contributed by atoms with E-state index in [-0.39, 0.29) is 11.5 Å². The van der Waals surface area contributed by atoms with Gasteiger partial charge in [0.15, 0.2) is 0 Å². The van der Waals surface area contributed by atoms with Gasteiger partial charge in [-0.3, -0.25) is 9.59 Å². The van der Waals surface area contributed by atoms with E-state index in [1.54, 1.807) is 31.4 Å². The van der Waals surface area contributed by atoms with Crippen LogP contribution in [0.1, 0.15) is 85.2 Å². The lowest BCUT2D eigenvalue weighted by Gasteiger charge is -2.15. The van der Waals surface area contributed by atoms with Crippen LogP contribution in [-0.4, -0.2) is 37.6 Å². The number of fused-ring (bicyclic) bond motifs is 1. The molecule has 2 aromatic carbocycles. The van der Waals surface area contributed by atoms with Crippen molar-refractivity contribution < 1.29 is 19.1 Å². The number of benzene rings is 2. The number of hydrogen-bond acceptors (Lipinski definition) is 6. The van der Waals surface area contributed by atoms with Gasteiger partial charge in [0.1, 0.15) is 11.3 Å². The van der Waals surface area contributed by atoms with Crippen molar-refractivity contribution in [2.24, 2.45) is 17.6 Å². The summed E-state index contributed by atoms with van der Waals surface area (Å²) in [4.78, 5) is 29.0. The first kappa shape index (κ1) is 33.1. The summed E-state index contributed by atoms with van der Waals surface area (Å²) in [5, 5.41) is 3.62. The molecule has 210 valence electrons. The molecule has 0 bridgehead atoms. The summed E-state index contributed by atoms with van der Waals surface area (Å²) in [5.41, 5.74) is 8.05. The molecular weight excluding hydrogens is 498 g/mol. The Hall–Kier alpha value is -2.97. The molecule has 3 N–H and O–H groups in total. The molecule has 0 spiro atoms. The van der Waals surface area contributed by atoms with Crippen LogP contribution in [0, 0.1) is 25.7 Å². The number of rotatable bonds is 10. The standard InChI is InChI=1S/C18H17N3O3S.C10H22O.C2H6/c1-9-4-5-12(11(8-9)17(19)22)21-18(23)15-14(24-3)7-6-13-16(15)25-10(2)20-13;1-5-6-9(2)7-10(3)8-11-4;1-2/h4-8H,1-3H3,(H2,19,22)(H,21,23);9-10H,5-8H2,1-4H3;1-2H3. The van der Waals surface area contributed by atoms with Crippen LogP contribution in [0.25, 0.3) is 10.2 Å². The van der Waals surface area contributed by atoms with Crippen LogP contribution in [0.4, 0.5) is 5.69 Å². The molecule has 8 heteroatoms. The van der Waals surface area contributed by atoms with Crippen molar-refractivity contribution in [3.63, 3.8) is 0 Å². The van der Waals surface area contributed by atoms with Crippen molar-refractivity contribution >= 4 is 39.1 Å². The molecule has 0 aliphatic rings. The topological polar surface area (TPSA) is 104 Å². The lowest BCUT2D eigenvalue weighted by Crippen LogP contribution is -2.19. The molecule has 38 heavy (non-hydrogen) atoms. The highest BCUT2D eigenvalue weighted by atomic mass is 32.1. The molecule has 0 aliphatic heterocycles. The van der Waals surface area contributed by atoms with Crippen LogP contribution < -0.4 is 15.8 Å². The number of anilines is 1. The third-order valence-corrected chi connectivity index (χ3v) is 6.80. The van der Waals surface area contributed by atoms with E-state index in [0.29, 0.717) is 17.0 Å². The highest BCUT2D eigenvalue weighted by Crippen LogP contribution is 2.33. The largest absolute Gasteiger partial charge is 0.496 e. The maximum Gasteiger partial charge on any atom is 0.260 e. The van der Waals surface area contributed by atoms with E-state index in [0.717, 1.165) is 39.2 Å². The fraction of sp³-hybridized carbons (Fsp3) is 0.500. The van der Waals surface area contributed by atoms with Gasteiger partial charge in [-0.2, -0.15) is 0 Å². The van der Waals surface area contributed by atoms with Crippen LogP contribution >= 0.6 is 11.3 Å². The number of nitrogens with two attached hydrogens (primary N) is 1. The Morgan fingerprint density at radius 2 is 1.76 bits per heavy atom. The van der Waals surface area contributed by atoms with E-state index in [4.69, 9.17) is 15.2 Å². The molecule has 2 amide bonds. The molecule has 1 heterocycles. The number of aromatic nitrogens is 1. The Kier molecular flexibility index (Phi) is 14.6. The number of nitrogens with one attached hydrogen (secondary N) is 1. The van der Waals surface area contributed by atoms with Crippen molar-refractivity contribution in [1.29, 1.82) is 0 Å². The lowest BCUT2D eigenvalue weighted by molar-refractivity contribution is 0.100. The summed E-state index contributed by atoms with van der Waals surface area (Å²) in [5.74, 6) is 1.06. The van der Waals surface area contributed by atoms with Crippen molar-refractivity contribution in [3.05, 3.63) is 52.0 Å². The van der Waals surface area contributed by atoms with Crippen molar-refractivity contribution in [2.75, 3.05) is 26.1 Å². The highest BCUT2D eigenvalue weighted by Gasteiger charge is 2.21. The van der Waals surface area contributed by atoms with Gasteiger partial charge in [0.25, 0.3) is 11.8 Å². The number of nitrogens with zero attached hydrogens (tertiary/aromatic N) is 1. The van der Waals surface area contributed by atoms with E-state index < -0.39 is 5.91 Å². The molecule has 2 atom stereocenters. The van der Waals surface area contributed by atoms with Gasteiger partial charge in [-0.25, -0.2) is 4.98 Å². The van der Waals surface area contributed by atoms with Gasteiger partial charge in [-0.1, -0.05) is 59.1 Å². The summed E-state index contributed by atoms with van der Waals surface area (Å²) in [7, 11) is 3.29. The van der Waals surface area contributed by atoms with Gasteiger partial charge in [0.2, 0.25) is 0 Å². The number of primary amides is 1. The zero-order valence-corrected chi connectivity index (χ0v) is 25.3. The van der Waals surface area contributed by atoms with Crippen LogP contribution in [0.15, 0.2) is 30.3 Å². The first-order valence-corrected chi connectivity index (χ1v) is 14.1. The van der Waals surface area contributed by atoms with E-state index >= 15 is 0 Å². The second kappa shape index (κ2) is 16.8. The van der Waals surface area contributed by atoms with Crippen LogP contribution in [0.5, 0.6) is 5.75 Å². The molecule has 3 rings (SSSR count). The Balaban J connectivity index is 0.000000470. The van der Waals surface area contributed by atoms with Crippen molar-refractivity contribution in [3.8, 4) is 5.75 Å². The number of amides is 2. The average molecular weight is 544 g/mol. The molecule has 0 saturated heterocycles. The van der Waals surface area contributed by atoms with Crippen LogP contribution in [0.3, 0.4) is 0 Å². The molecule has 7 nitrogen and oxygen atoms in total. The fourth-order valence-electron chi connectivity index (χ4n) is 4.28. The smallest absolute Gasteiger partial charge is 0.260 e. The van der Waals surface area contributed by atoms with E-state index in [1.165, 1.54) is 37.7 Å². The zero-order chi connectivity index (χ0) is 28.8. The summed E-state index contributed by atoms with van der Waals surface area (Å²) >= 11 is 1.42. The van der Waals surface area contributed by atoms with Crippen LogP contribution in [-0.2, 0) is 4.74 Å². The summed E-state index contributed by atoms with van der Waals surface area (Å²) in [6, 6.07) is 8.64. The summed E-state index contributed by atoms with van der Waals surface area (Å²) < 4.78 is 11.2. The number of aryl methyl sites for hydroxylation is 2. The van der Waals surface area contributed by atoms with E-state index in [1.807, 2.05) is 33.8 Å². The van der Waals surface area contributed by atoms with Gasteiger partial charge in [0, 0.05) is 13.7 Å². The Labute approximate surface area is 232 Å². The van der Waals surface area contributed by atoms with Gasteiger partial charge >= 0.3 is 0 Å². The third-order valence-electron chi connectivity index (χ3n) is 5.80. The minimum atomic E-state index is -0.599. The molecule has 0 fully saturated rings. The normalized spacial score (nSPS) is 11.9. The second-order valence-electron chi connectivity index (χ2n) is 9.28. The molecule has 3 aromatic rings. The monoisotopic (exact) mass is 543 g/mol. The molecular formula is C30H45N3O4S. The number of carbonyl (C=O) groups is 2. The zero-order valence-electron chi connectivity index (χ0n) is 24.4. The average Bonchev–Trinajstić information content (AvgIpc) is 3.26. The molecule has 2 unspecified atom stereocenters. The number of methoxy groups -OCH3 is 2. The quantitative estimate of drug-likeness (QED) is 0.277. The molecule has 0 saturated carbocycles. The molecule has 1 aromatic heterocycles. The van der Waals surface area contributed by atoms with Crippen LogP contribution in [0.2, 0.25) is 0 Å². The van der Waals surface area contributed by atoms with Crippen molar-refractivity contribution in [1.82, 2.24) is 4.98 Å². The van der Waals surface area contributed by atoms with Crippen molar-refractivity contribution in [2.45, 2.75) is 67.7 Å². The number of carbonyl (C=O) groups excluding carboxylic acids is 2. The number of ether oxygens (including phenoxy) is 2. The highest BCUT2D eigenvalue weighted by molar-refractivity contribution is 7.19. The molecule has 0 aliphatic carbocycles. The van der Waals surface area contributed by atoms with E-state index in [9.17, 15) is 9.59 Å². The first-order chi connectivity index (χ1) is 18.1. The maximum absolute atomic E-state index is 12.9. The molecule has 0 radical (unpaired) electrons. The lowest BCUT2D eigenvalue weighted by atomic mass is 9.94.